The normalized spacial score (nSPS) is 10.5. The van der Waals surface area contributed by atoms with Crippen LogP contribution in [-0.2, 0) is 0 Å². The maximum atomic E-state index is 13.9. The first kappa shape index (κ1) is 11.0. The molecule has 0 aliphatic carbocycles. The summed E-state index contributed by atoms with van der Waals surface area (Å²) in [7, 11) is 1.75. The maximum absolute atomic E-state index is 13.9. The zero-order valence-electron chi connectivity index (χ0n) is 9.34. The number of nitrogens with one attached hydrogen (secondary N) is 1. The van der Waals surface area contributed by atoms with Crippen molar-refractivity contribution in [3.63, 3.8) is 0 Å². The van der Waals surface area contributed by atoms with Crippen LogP contribution in [-0.4, -0.2) is 15.8 Å². The van der Waals surface area contributed by atoms with Crippen LogP contribution in [0.5, 0.6) is 0 Å². The minimum atomic E-state index is -0.248. The van der Waals surface area contributed by atoms with Crippen LogP contribution in [0.25, 0.3) is 11.3 Å². The predicted molar refractivity (Wildman–Crippen MR) is 64.3 cm³/mol. The molecule has 1 heterocycles. The van der Waals surface area contributed by atoms with Crippen LogP contribution in [0.2, 0.25) is 0 Å². The van der Waals surface area contributed by atoms with Gasteiger partial charge in [0, 0.05) is 12.6 Å². The maximum Gasteiger partial charge on any atom is 0.167 e. The van der Waals surface area contributed by atoms with Crippen molar-refractivity contribution in [3.05, 3.63) is 29.1 Å². The molecule has 0 saturated heterocycles. The first-order chi connectivity index (χ1) is 7.63. The number of halogens is 1. The Balaban J connectivity index is 2.64. The van der Waals surface area contributed by atoms with Crippen LogP contribution in [0.4, 0.5) is 10.2 Å². The smallest absolute Gasteiger partial charge is 0.167 e. The minimum absolute atomic E-state index is 0.248. The molecule has 0 unspecified atom stereocenters. The molecule has 16 heavy (non-hydrogen) atoms. The highest BCUT2D eigenvalue weighted by molar-refractivity contribution is 6.99. The number of hydrogen-bond donors (Lipinski definition) is 1. The molecule has 5 heteroatoms. The van der Waals surface area contributed by atoms with Crippen molar-refractivity contribution in [2.45, 2.75) is 13.8 Å². The summed E-state index contributed by atoms with van der Waals surface area (Å²) in [4.78, 5) is 0. The van der Waals surface area contributed by atoms with Crippen molar-refractivity contribution >= 4 is 17.5 Å². The van der Waals surface area contributed by atoms with Crippen LogP contribution < -0.4 is 5.32 Å². The number of benzene rings is 1. The van der Waals surface area contributed by atoms with Crippen molar-refractivity contribution in [1.29, 1.82) is 0 Å². The van der Waals surface area contributed by atoms with E-state index in [4.69, 9.17) is 0 Å². The molecule has 3 nitrogen and oxygen atoms in total. The van der Waals surface area contributed by atoms with Crippen LogP contribution in [0.1, 0.15) is 11.1 Å². The Hall–Kier alpha value is -1.49. The Morgan fingerprint density at radius 3 is 2.62 bits per heavy atom. The third kappa shape index (κ3) is 1.78. The fourth-order valence-electron chi connectivity index (χ4n) is 1.73. The first-order valence-electron chi connectivity index (χ1n) is 4.91. The molecule has 0 atom stereocenters. The summed E-state index contributed by atoms with van der Waals surface area (Å²) in [5, 5.41) is 2.91. The number of aryl methyl sites for hydroxylation is 2. The van der Waals surface area contributed by atoms with Gasteiger partial charge in [-0.1, -0.05) is 6.07 Å². The van der Waals surface area contributed by atoms with Gasteiger partial charge in [0.1, 0.15) is 11.5 Å². The van der Waals surface area contributed by atoms with E-state index in [1.807, 2.05) is 19.9 Å². The fourth-order valence-corrected chi connectivity index (χ4v) is 2.29. The van der Waals surface area contributed by atoms with E-state index in [0.717, 1.165) is 22.9 Å². The van der Waals surface area contributed by atoms with Crippen LogP contribution in [0.3, 0.4) is 0 Å². The summed E-state index contributed by atoms with van der Waals surface area (Å²) in [6, 6.07) is 3.46. The van der Waals surface area contributed by atoms with E-state index in [1.54, 1.807) is 7.05 Å². The van der Waals surface area contributed by atoms with E-state index in [9.17, 15) is 4.39 Å². The lowest BCUT2D eigenvalue weighted by molar-refractivity contribution is 0.628. The molecule has 1 aromatic carbocycles. The molecule has 0 fully saturated rings. The van der Waals surface area contributed by atoms with Crippen molar-refractivity contribution < 1.29 is 4.39 Å². The Morgan fingerprint density at radius 2 is 2.00 bits per heavy atom. The highest BCUT2D eigenvalue weighted by Crippen LogP contribution is 2.31. The highest BCUT2D eigenvalue weighted by atomic mass is 32.1. The van der Waals surface area contributed by atoms with E-state index in [0.29, 0.717) is 17.1 Å². The van der Waals surface area contributed by atoms with Gasteiger partial charge in [-0.2, -0.15) is 8.75 Å². The minimum Gasteiger partial charge on any atom is -0.370 e. The van der Waals surface area contributed by atoms with E-state index in [2.05, 4.69) is 14.1 Å². The number of hydrogen-bond acceptors (Lipinski definition) is 4. The monoisotopic (exact) mass is 237 g/mol. The number of anilines is 1. The molecule has 0 aliphatic heterocycles. The van der Waals surface area contributed by atoms with Gasteiger partial charge in [0.05, 0.1) is 11.7 Å². The average Bonchev–Trinajstić information content (AvgIpc) is 2.64. The van der Waals surface area contributed by atoms with Gasteiger partial charge in [0.2, 0.25) is 0 Å². The Kier molecular flexibility index (Phi) is 2.87. The SMILES string of the molecule is CNc1nsnc1-c1c(C)cc(C)cc1F. The van der Waals surface area contributed by atoms with Gasteiger partial charge < -0.3 is 5.32 Å². The van der Waals surface area contributed by atoms with Gasteiger partial charge in [0.15, 0.2) is 5.82 Å². The van der Waals surface area contributed by atoms with Crippen LogP contribution in [0.15, 0.2) is 12.1 Å². The summed E-state index contributed by atoms with van der Waals surface area (Å²) in [5.41, 5.74) is 2.90. The Bertz CT molecular complexity index is 499. The van der Waals surface area contributed by atoms with Crippen molar-refractivity contribution in [2.75, 3.05) is 12.4 Å². The average molecular weight is 237 g/mol. The molecule has 84 valence electrons. The lowest BCUT2D eigenvalue weighted by atomic mass is 10.0. The quantitative estimate of drug-likeness (QED) is 0.872. The zero-order chi connectivity index (χ0) is 11.7. The third-order valence-corrected chi connectivity index (χ3v) is 2.92. The third-order valence-electron chi connectivity index (χ3n) is 2.39. The number of aromatic nitrogens is 2. The van der Waals surface area contributed by atoms with E-state index in [-0.39, 0.29) is 5.82 Å². The molecule has 1 N–H and O–H groups in total. The molecular formula is C11H12FN3S. The second-order valence-electron chi connectivity index (χ2n) is 3.65. The van der Waals surface area contributed by atoms with Crippen LogP contribution in [0, 0.1) is 19.7 Å². The molecule has 2 aromatic rings. The molecule has 1 aromatic heterocycles. The predicted octanol–water partition coefficient (Wildman–Crippen LogP) is 3.00. The van der Waals surface area contributed by atoms with Gasteiger partial charge in [0.25, 0.3) is 0 Å². The van der Waals surface area contributed by atoms with Gasteiger partial charge in [-0.15, -0.1) is 0 Å². The summed E-state index contributed by atoms with van der Waals surface area (Å²) in [6.07, 6.45) is 0. The lowest BCUT2D eigenvalue weighted by Crippen LogP contribution is -1.96. The molecule has 0 aliphatic rings. The Morgan fingerprint density at radius 1 is 1.25 bits per heavy atom. The number of nitrogens with zero attached hydrogens (tertiary/aromatic N) is 2. The van der Waals surface area contributed by atoms with Gasteiger partial charge in [-0.3, -0.25) is 0 Å². The molecule has 0 saturated carbocycles. The van der Waals surface area contributed by atoms with E-state index < -0.39 is 0 Å². The topological polar surface area (TPSA) is 37.8 Å². The highest BCUT2D eigenvalue weighted by Gasteiger charge is 2.16. The second kappa shape index (κ2) is 4.17. The largest absolute Gasteiger partial charge is 0.370 e. The molecule has 0 amide bonds. The first-order valence-corrected chi connectivity index (χ1v) is 5.64. The van der Waals surface area contributed by atoms with Crippen molar-refractivity contribution in [3.8, 4) is 11.3 Å². The van der Waals surface area contributed by atoms with E-state index in [1.165, 1.54) is 6.07 Å². The van der Waals surface area contributed by atoms with Gasteiger partial charge in [-0.05, 0) is 31.0 Å². The summed E-state index contributed by atoms with van der Waals surface area (Å²) < 4.78 is 22.1. The van der Waals surface area contributed by atoms with E-state index >= 15 is 0 Å². The fraction of sp³-hybridized carbons (Fsp3) is 0.273. The van der Waals surface area contributed by atoms with Crippen molar-refractivity contribution in [1.82, 2.24) is 8.75 Å². The molecule has 2 rings (SSSR count). The summed E-state index contributed by atoms with van der Waals surface area (Å²) in [6.45, 7) is 3.75. The zero-order valence-corrected chi connectivity index (χ0v) is 10.2. The molecule has 0 radical (unpaired) electrons. The summed E-state index contributed by atoms with van der Waals surface area (Å²) >= 11 is 1.08. The lowest BCUT2D eigenvalue weighted by Gasteiger charge is -2.07. The van der Waals surface area contributed by atoms with Crippen molar-refractivity contribution in [2.24, 2.45) is 0 Å². The summed E-state index contributed by atoms with van der Waals surface area (Å²) in [5.74, 6) is 0.373. The molecule has 0 spiro atoms. The number of rotatable bonds is 2. The van der Waals surface area contributed by atoms with Gasteiger partial charge in [-0.25, -0.2) is 4.39 Å². The molecular weight excluding hydrogens is 225 g/mol. The Labute approximate surface area is 97.7 Å². The molecule has 0 bridgehead atoms. The standard InChI is InChI=1S/C11H12FN3S/c1-6-4-7(2)9(8(12)5-6)10-11(13-3)15-16-14-10/h4-5H,1-3H3,(H,13,15). The second-order valence-corrected chi connectivity index (χ2v) is 4.18. The van der Waals surface area contributed by atoms with Crippen LogP contribution >= 0.6 is 11.7 Å². The van der Waals surface area contributed by atoms with Gasteiger partial charge >= 0.3 is 0 Å².